The highest BCUT2D eigenvalue weighted by atomic mass is 16.7. The highest BCUT2D eigenvalue weighted by molar-refractivity contribution is 5.87. The lowest BCUT2D eigenvalue weighted by molar-refractivity contribution is -0.136. The van der Waals surface area contributed by atoms with E-state index in [0.29, 0.717) is 36.8 Å². The van der Waals surface area contributed by atoms with E-state index in [1.54, 1.807) is 16.5 Å². The van der Waals surface area contributed by atoms with Crippen molar-refractivity contribution in [1.82, 2.24) is 24.9 Å². The summed E-state index contributed by atoms with van der Waals surface area (Å²) in [5, 5.41) is 12.9. The van der Waals surface area contributed by atoms with Crippen molar-refractivity contribution < 1.29 is 23.7 Å². The molecule has 0 N–H and O–H groups in total. The number of methoxy groups -OCH3 is 2. The molecule has 0 atom stereocenters. The smallest absolute Gasteiger partial charge is 0.248 e. The van der Waals surface area contributed by atoms with E-state index in [4.69, 9.17) is 18.9 Å². The van der Waals surface area contributed by atoms with Gasteiger partial charge in [0.2, 0.25) is 12.7 Å². The summed E-state index contributed by atoms with van der Waals surface area (Å²) in [5.41, 5.74) is 2.19. The number of carbonyl (C=O) groups excluding carboxylic acids is 1. The van der Waals surface area contributed by atoms with Gasteiger partial charge in [0.05, 0.1) is 12.1 Å². The minimum Gasteiger partial charge on any atom is -0.454 e. The van der Waals surface area contributed by atoms with Crippen LogP contribution in [-0.2, 0) is 20.8 Å². The molecule has 0 fully saturated rings. The molecule has 1 aromatic carbocycles. The maximum absolute atomic E-state index is 12.4. The molecule has 0 aliphatic carbocycles. The van der Waals surface area contributed by atoms with E-state index in [1.807, 2.05) is 18.2 Å². The van der Waals surface area contributed by atoms with Crippen LogP contribution in [0.2, 0.25) is 0 Å². The van der Waals surface area contributed by atoms with Crippen molar-refractivity contribution in [3.05, 3.63) is 23.8 Å². The van der Waals surface area contributed by atoms with Gasteiger partial charge in [-0.15, -0.1) is 5.10 Å². The number of nitrogens with zero attached hydrogens (tertiary/aromatic N) is 5. The van der Waals surface area contributed by atoms with Gasteiger partial charge in [0, 0.05) is 44.3 Å². The van der Waals surface area contributed by atoms with Gasteiger partial charge in [-0.1, -0.05) is 0 Å². The SMILES string of the molecule is COCCN(Cc1cc2cc3c(cc2n2nnnc12)OCO3)C(=O)COC. The Bertz CT molecular complexity index is 989. The molecule has 0 saturated heterocycles. The molecule has 142 valence electrons. The predicted molar refractivity (Wildman–Crippen MR) is 93.6 cm³/mol. The van der Waals surface area contributed by atoms with E-state index in [2.05, 4.69) is 15.5 Å². The van der Waals surface area contributed by atoms with Crippen molar-refractivity contribution in [2.75, 3.05) is 40.8 Å². The molecule has 10 nitrogen and oxygen atoms in total. The van der Waals surface area contributed by atoms with Gasteiger partial charge in [-0.25, -0.2) is 0 Å². The fourth-order valence-corrected chi connectivity index (χ4v) is 3.08. The second kappa shape index (κ2) is 7.33. The molecule has 3 heterocycles. The summed E-state index contributed by atoms with van der Waals surface area (Å²) in [4.78, 5) is 14.1. The maximum Gasteiger partial charge on any atom is 0.248 e. The van der Waals surface area contributed by atoms with Crippen LogP contribution in [0.1, 0.15) is 5.56 Å². The minimum atomic E-state index is -0.133. The lowest BCUT2D eigenvalue weighted by atomic mass is 10.1. The monoisotopic (exact) mass is 373 g/mol. The van der Waals surface area contributed by atoms with Gasteiger partial charge in [0.1, 0.15) is 6.61 Å². The van der Waals surface area contributed by atoms with Crippen molar-refractivity contribution in [1.29, 1.82) is 0 Å². The molecular weight excluding hydrogens is 354 g/mol. The largest absolute Gasteiger partial charge is 0.454 e. The normalized spacial score (nSPS) is 12.8. The molecular formula is C17H19N5O5. The Morgan fingerprint density at radius 2 is 2.04 bits per heavy atom. The molecule has 27 heavy (non-hydrogen) atoms. The zero-order valence-corrected chi connectivity index (χ0v) is 15.0. The molecule has 0 unspecified atom stereocenters. The second-order valence-corrected chi connectivity index (χ2v) is 6.09. The van der Waals surface area contributed by atoms with Crippen molar-refractivity contribution in [2.24, 2.45) is 0 Å². The first-order valence-electron chi connectivity index (χ1n) is 8.40. The first kappa shape index (κ1) is 17.4. The van der Waals surface area contributed by atoms with E-state index in [0.717, 1.165) is 16.5 Å². The highest BCUT2D eigenvalue weighted by Gasteiger charge is 2.20. The van der Waals surface area contributed by atoms with E-state index < -0.39 is 0 Å². The van der Waals surface area contributed by atoms with Crippen LogP contribution in [0, 0.1) is 0 Å². The average Bonchev–Trinajstić information content (AvgIpc) is 3.32. The summed E-state index contributed by atoms with van der Waals surface area (Å²) >= 11 is 0. The molecule has 10 heteroatoms. The standard InChI is InChI=1S/C17H19N5O5/c1-24-4-3-21(16(23)9-25-2)8-12-5-11-6-14-15(27-10-26-14)7-13(11)22-17(12)18-19-20-22/h5-7H,3-4,8-10H2,1-2H3. The van der Waals surface area contributed by atoms with E-state index in [1.165, 1.54) is 7.11 Å². The predicted octanol–water partition coefficient (Wildman–Crippen LogP) is 0.628. The maximum atomic E-state index is 12.4. The lowest BCUT2D eigenvalue weighted by Gasteiger charge is -2.22. The van der Waals surface area contributed by atoms with E-state index in [9.17, 15) is 4.79 Å². The minimum absolute atomic E-state index is 0.00277. The quantitative estimate of drug-likeness (QED) is 0.594. The number of tetrazole rings is 1. The molecule has 1 aliphatic heterocycles. The van der Waals surface area contributed by atoms with Gasteiger partial charge < -0.3 is 23.8 Å². The Balaban J connectivity index is 1.76. The van der Waals surface area contributed by atoms with Crippen molar-refractivity contribution in [3.63, 3.8) is 0 Å². The molecule has 0 saturated carbocycles. The number of amides is 1. The fraction of sp³-hybridized carbons (Fsp3) is 0.412. The van der Waals surface area contributed by atoms with Crippen LogP contribution in [0.3, 0.4) is 0 Å². The summed E-state index contributed by atoms with van der Waals surface area (Å²) in [7, 11) is 3.09. The van der Waals surface area contributed by atoms with Gasteiger partial charge in [0.25, 0.3) is 0 Å². The third-order valence-corrected chi connectivity index (χ3v) is 4.38. The Morgan fingerprint density at radius 1 is 1.22 bits per heavy atom. The van der Waals surface area contributed by atoms with Crippen LogP contribution in [0.15, 0.2) is 18.2 Å². The average molecular weight is 373 g/mol. The first-order valence-corrected chi connectivity index (χ1v) is 8.40. The lowest BCUT2D eigenvalue weighted by Crippen LogP contribution is -2.36. The number of carbonyl (C=O) groups is 1. The van der Waals surface area contributed by atoms with E-state index in [-0.39, 0.29) is 19.3 Å². The van der Waals surface area contributed by atoms with Crippen molar-refractivity contribution in [2.45, 2.75) is 6.54 Å². The third-order valence-electron chi connectivity index (χ3n) is 4.38. The van der Waals surface area contributed by atoms with Crippen LogP contribution in [-0.4, -0.2) is 71.6 Å². The molecule has 0 radical (unpaired) electrons. The Labute approximate surface area is 154 Å². The van der Waals surface area contributed by atoms with Gasteiger partial charge in [-0.2, -0.15) is 4.52 Å². The summed E-state index contributed by atoms with van der Waals surface area (Å²) in [6.45, 7) is 1.37. The Hall–Kier alpha value is -2.98. The van der Waals surface area contributed by atoms with Crippen LogP contribution in [0.4, 0.5) is 0 Å². The third kappa shape index (κ3) is 3.24. The zero-order chi connectivity index (χ0) is 18.8. The summed E-state index contributed by atoms with van der Waals surface area (Å²) < 4.78 is 22.7. The molecule has 1 aliphatic rings. The number of pyridine rings is 1. The number of hydrogen-bond donors (Lipinski definition) is 0. The number of aromatic nitrogens is 4. The topological polar surface area (TPSA) is 100 Å². The summed E-state index contributed by atoms with van der Waals surface area (Å²) in [6.07, 6.45) is 0. The highest BCUT2D eigenvalue weighted by Crippen LogP contribution is 2.36. The fourth-order valence-electron chi connectivity index (χ4n) is 3.08. The van der Waals surface area contributed by atoms with Gasteiger partial charge >= 0.3 is 0 Å². The van der Waals surface area contributed by atoms with Crippen molar-refractivity contribution in [3.8, 4) is 11.5 Å². The Kier molecular flexibility index (Phi) is 4.73. The van der Waals surface area contributed by atoms with E-state index >= 15 is 0 Å². The van der Waals surface area contributed by atoms with Crippen LogP contribution < -0.4 is 9.47 Å². The van der Waals surface area contributed by atoms with Gasteiger partial charge in [-0.3, -0.25) is 4.79 Å². The number of ether oxygens (including phenoxy) is 4. The second-order valence-electron chi connectivity index (χ2n) is 6.09. The van der Waals surface area contributed by atoms with Crippen LogP contribution in [0.25, 0.3) is 16.6 Å². The Morgan fingerprint density at radius 3 is 2.81 bits per heavy atom. The number of rotatable bonds is 7. The molecule has 0 spiro atoms. The van der Waals surface area contributed by atoms with Gasteiger partial charge in [0.15, 0.2) is 17.1 Å². The number of fused-ring (bicyclic) bond motifs is 4. The summed E-state index contributed by atoms with van der Waals surface area (Å²) in [6, 6.07) is 5.70. The summed E-state index contributed by atoms with van der Waals surface area (Å²) in [5.74, 6) is 1.20. The first-order chi connectivity index (χ1) is 13.2. The molecule has 0 bridgehead atoms. The molecule has 3 aromatic rings. The number of hydrogen-bond acceptors (Lipinski definition) is 8. The van der Waals surface area contributed by atoms with Crippen molar-refractivity contribution >= 4 is 22.5 Å². The zero-order valence-electron chi connectivity index (χ0n) is 15.0. The molecule has 1 amide bonds. The number of benzene rings is 1. The molecule has 2 aromatic heterocycles. The van der Waals surface area contributed by atoms with Crippen LogP contribution in [0.5, 0.6) is 11.5 Å². The van der Waals surface area contributed by atoms with Crippen LogP contribution >= 0.6 is 0 Å². The molecule has 4 rings (SSSR count). The van der Waals surface area contributed by atoms with Gasteiger partial charge in [-0.05, 0) is 22.6 Å².